The lowest BCUT2D eigenvalue weighted by atomic mass is 10.2. The highest BCUT2D eigenvalue weighted by Crippen LogP contribution is 2.49. The number of hydrogen-bond acceptors (Lipinski definition) is 5. The van der Waals surface area contributed by atoms with Crippen molar-refractivity contribution in [3.05, 3.63) is 40.2 Å². The van der Waals surface area contributed by atoms with Crippen molar-refractivity contribution in [1.82, 2.24) is 0 Å². The average molecular weight is 272 g/mol. The zero-order valence-corrected chi connectivity index (χ0v) is 9.74. The van der Waals surface area contributed by atoms with Crippen molar-refractivity contribution in [2.24, 2.45) is 0 Å². The lowest BCUT2D eigenvalue weighted by molar-refractivity contribution is 0.203. The molecule has 1 atom stereocenters. The first-order valence-electron chi connectivity index (χ1n) is 4.78. The van der Waals surface area contributed by atoms with E-state index in [4.69, 9.17) is 14.2 Å². The minimum Gasteiger partial charge on any atom is -0.508 e. The Hall–Kier alpha value is -1.66. The number of phenols is 1. The largest absolute Gasteiger partial charge is 0.508 e. The van der Waals surface area contributed by atoms with Crippen LogP contribution in [0.5, 0.6) is 5.75 Å². The number of fused-ring (bicyclic) bond motifs is 1. The Morgan fingerprint density at radius 2 is 1.94 bits per heavy atom. The highest BCUT2D eigenvalue weighted by atomic mass is 31.2. The minimum atomic E-state index is -4.86. The Kier molecular flexibility index (Phi) is 3.00. The molecule has 1 aromatic carbocycles. The van der Waals surface area contributed by atoms with Crippen LogP contribution in [-0.2, 0) is 4.57 Å². The second-order valence-corrected chi connectivity index (χ2v) is 5.33. The van der Waals surface area contributed by atoms with Crippen molar-refractivity contribution in [2.45, 2.75) is 5.85 Å². The van der Waals surface area contributed by atoms with Gasteiger partial charge in [-0.3, -0.25) is 9.36 Å². The van der Waals surface area contributed by atoms with Crippen LogP contribution in [0.2, 0.25) is 0 Å². The molecular formula is C10H9O7P. The number of aliphatic hydroxyl groups is 1. The Morgan fingerprint density at radius 3 is 2.56 bits per heavy atom. The van der Waals surface area contributed by atoms with E-state index in [1.54, 1.807) is 0 Å². The van der Waals surface area contributed by atoms with Crippen LogP contribution in [0.4, 0.5) is 0 Å². The predicted molar refractivity (Wildman–Crippen MR) is 61.2 cm³/mol. The maximum Gasteiger partial charge on any atom is 0.358 e. The van der Waals surface area contributed by atoms with Gasteiger partial charge in [0.05, 0.1) is 10.9 Å². The molecule has 0 spiro atoms. The van der Waals surface area contributed by atoms with E-state index in [2.05, 4.69) is 0 Å². The molecule has 0 aliphatic rings. The van der Waals surface area contributed by atoms with Gasteiger partial charge in [0, 0.05) is 0 Å². The molecule has 2 aromatic rings. The SMILES string of the molecule is O=c1c(C(O)P(=O)(O)O)coc2ccc(O)cc12. The molecule has 4 N–H and O–H groups in total. The first kappa shape index (κ1) is 12.8. The zero-order valence-electron chi connectivity index (χ0n) is 8.85. The number of aromatic hydroxyl groups is 1. The molecule has 0 fully saturated rings. The van der Waals surface area contributed by atoms with Crippen molar-refractivity contribution in [2.75, 3.05) is 0 Å². The van der Waals surface area contributed by atoms with Gasteiger partial charge in [-0.1, -0.05) is 0 Å². The molecule has 0 aliphatic heterocycles. The Morgan fingerprint density at radius 1 is 1.28 bits per heavy atom. The van der Waals surface area contributed by atoms with E-state index in [9.17, 15) is 19.6 Å². The predicted octanol–water partition coefficient (Wildman–Crippen LogP) is 0.667. The van der Waals surface area contributed by atoms with Crippen LogP contribution in [-0.4, -0.2) is 20.0 Å². The van der Waals surface area contributed by atoms with Gasteiger partial charge < -0.3 is 24.4 Å². The third kappa shape index (κ3) is 2.16. The van der Waals surface area contributed by atoms with Gasteiger partial charge >= 0.3 is 7.60 Å². The van der Waals surface area contributed by atoms with Crippen LogP contribution in [0.25, 0.3) is 11.0 Å². The summed E-state index contributed by atoms with van der Waals surface area (Å²) in [7, 11) is -4.86. The van der Waals surface area contributed by atoms with E-state index in [-0.39, 0.29) is 16.7 Å². The van der Waals surface area contributed by atoms with Crippen molar-refractivity contribution in [1.29, 1.82) is 0 Å². The van der Waals surface area contributed by atoms with Crippen LogP contribution in [0.15, 0.2) is 33.7 Å². The summed E-state index contributed by atoms with van der Waals surface area (Å²) in [4.78, 5) is 29.5. The fourth-order valence-electron chi connectivity index (χ4n) is 1.49. The second kappa shape index (κ2) is 4.22. The molecule has 8 heteroatoms. The van der Waals surface area contributed by atoms with Gasteiger partial charge in [0.2, 0.25) is 0 Å². The van der Waals surface area contributed by atoms with Crippen molar-refractivity contribution >= 4 is 18.6 Å². The highest BCUT2D eigenvalue weighted by Gasteiger charge is 2.31. The molecule has 0 bridgehead atoms. The molecule has 0 aliphatic carbocycles. The lowest BCUT2D eigenvalue weighted by Crippen LogP contribution is -2.13. The molecule has 1 aromatic heterocycles. The third-order valence-electron chi connectivity index (χ3n) is 2.38. The normalized spacial score (nSPS) is 13.7. The topological polar surface area (TPSA) is 128 Å². The number of aliphatic hydroxyl groups excluding tert-OH is 1. The zero-order chi connectivity index (χ0) is 13.5. The molecule has 0 radical (unpaired) electrons. The molecule has 7 nitrogen and oxygen atoms in total. The summed E-state index contributed by atoms with van der Waals surface area (Å²) in [5.74, 6) is -2.45. The van der Waals surface area contributed by atoms with Gasteiger partial charge in [-0.15, -0.1) is 0 Å². The van der Waals surface area contributed by atoms with Crippen LogP contribution in [0.1, 0.15) is 11.4 Å². The van der Waals surface area contributed by atoms with Gasteiger partial charge in [-0.2, -0.15) is 0 Å². The molecule has 0 saturated carbocycles. The van der Waals surface area contributed by atoms with E-state index in [0.29, 0.717) is 0 Å². The second-order valence-electron chi connectivity index (χ2n) is 3.66. The molecule has 1 unspecified atom stereocenters. The van der Waals surface area contributed by atoms with Crippen LogP contribution < -0.4 is 5.43 Å². The summed E-state index contributed by atoms with van der Waals surface area (Å²) in [6.45, 7) is 0. The van der Waals surface area contributed by atoms with Crippen molar-refractivity contribution in [3.63, 3.8) is 0 Å². The van der Waals surface area contributed by atoms with Gasteiger partial charge in [0.25, 0.3) is 0 Å². The first-order chi connectivity index (χ1) is 8.30. The molecule has 0 amide bonds. The average Bonchev–Trinajstić information content (AvgIpc) is 2.28. The first-order valence-corrected chi connectivity index (χ1v) is 6.46. The summed E-state index contributed by atoms with van der Waals surface area (Å²) < 4.78 is 15.9. The Labute approximate surface area is 100 Å². The number of benzene rings is 1. The van der Waals surface area contributed by atoms with Gasteiger partial charge in [0.15, 0.2) is 11.3 Å². The van der Waals surface area contributed by atoms with Gasteiger partial charge in [-0.25, -0.2) is 0 Å². The third-order valence-corrected chi connectivity index (χ3v) is 3.29. The fraction of sp³-hybridized carbons (Fsp3) is 0.100. The number of rotatable bonds is 2. The summed E-state index contributed by atoms with van der Waals surface area (Å²) in [6, 6.07) is 3.72. The monoisotopic (exact) mass is 272 g/mol. The number of phenolic OH excluding ortho intramolecular Hbond substituents is 1. The molecule has 0 saturated heterocycles. The smallest absolute Gasteiger partial charge is 0.358 e. The van der Waals surface area contributed by atoms with Gasteiger partial charge in [0.1, 0.15) is 17.6 Å². The quantitative estimate of drug-likeness (QED) is 0.591. The molecule has 96 valence electrons. The molecule has 1 heterocycles. The molecular weight excluding hydrogens is 263 g/mol. The molecule has 18 heavy (non-hydrogen) atoms. The highest BCUT2D eigenvalue weighted by molar-refractivity contribution is 7.51. The maximum absolute atomic E-state index is 11.9. The Bertz CT molecular complexity index is 699. The van der Waals surface area contributed by atoms with Crippen molar-refractivity contribution < 1.29 is 29.0 Å². The van der Waals surface area contributed by atoms with Gasteiger partial charge in [-0.05, 0) is 18.2 Å². The standard InChI is InChI=1S/C10H9O7P/c11-5-1-2-8-6(3-5)9(12)7(4-17-8)10(13)18(14,15)16/h1-4,10-11,13H,(H2,14,15,16). The summed E-state index contributed by atoms with van der Waals surface area (Å²) in [6.07, 6.45) is 0.797. The van der Waals surface area contributed by atoms with Crippen LogP contribution >= 0.6 is 7.60 Å². The van der Waals surface area contributed by atoms with Crippen LogP contribution in [0, 0.1) is 0 Å². The fourth-order valence-corrected chi connectivity index (χ4v) is 2.03. The summed E-state index contributed by atoms with van der Waals surface area (Å²) >= 11 is 0. The van der Waals surface area contributed by atoms with Crippen molar-refractivity contribution in [3.8, 4) is 5.75 Å². The maximum atomic E-state index is 11.9. The van der Waals surface area contributed by atoms with Crippen LogP contribution in [0.3, 0.4) is 0 Å². The Balaban J connectivity index is 2.72. The number of hydrogen-bond donors (Lipinski definition) is 4. The lowest BCUT2D eigenvalue weighted by Gasteiger charge is -2.11. The van der Waals surface area contributed by atoms with E-state index in [1.807, 2.05) is 0 Å². The molecule has 2 rings (SSSR count). The van der Waals surface area contributed by atoms with E-state index in [1.165, 1.54) is 12.1 Å². The van der Waals surface area contributed by atoms with E-state index < -0.39 is 24.4 Å². The minimum absolute atomic E-state index is 0.0694. The van der Waals surface area contributed by atoms with E-state index >= 15 is 0 Å². The summed E-state index contributed by atoms with van der Waals surface area (Å²) in [5.41, 5.74) is -1.22. The van der Waals surface area contributed by atoms with E-state index in [0.717, 1.165) is 12.3 Å². The summed E-state index contributed by atoms with van der Waals surface area (Å²) in [5, 5.41) is 18.6.